The summed E-state index contributed by atoms with van der Waals surface area (Å²) < 4.78 is 7.44. The fourth-order valence-corrected chi connectivity index (χ4v) is 4.55. The fraction of sp³-hybridized carbons (Fsp3) is 0.292. The molecule has 3 aromatic heterocycles. The van der Waals surface area contributed by atoms with Crippen molar-refractivity contribution in [3.8, 4) is 0 Å². The van der Waals surface area contributed by atoms with E-state index in [1.54, 1.807) is 6.26 Å². The van der Waals surface area contributed by atoms with Gasteiger partial charge in [-0.25, -0.2) is 9.97 Å². The summed E-state index contributed by atoms with van der Waals surface area (Å²) in [5.74, 6) is 1.94. The SMILES string of the molecule is Cc1ccc(C)c(NC(=O)CSc2nnc(C(S)c3nc(C)cc(C)n3)n2Cc2ccco2)c1. The van der Waals surface area contributed by atoms with Crippen LogP contribution in [-0.2, 0) is 11.3 Å². The molecule has 0 spiro atoms. The minimum absolute atomic E-state index is 0.118. The number of rotatable bonds is 8. The van der Waals surface area contributed by atoms with Crippen LogP contribution in [0.2, 0.25) is 0 Å². The van der Waals surface area contributed by atoms with Gasteiger partial charge in [-0.15, -0.1) is 10.2 Å². The number of aryl methyl sites for hydroxylation is 4. The molecule has 0 aliphatic rings. The molecule has 4 rings (SSSR count). The third-order valence-electron chi connectivity index (χ3n) is 5.13. The summed E-state index contributed by atoms with van der Waals surface area (Å²) in [6.45, 7) is 8.20. The van der Waals surface area contributed by atoms with Crippen LogP contribution in [0.4, 0.5) is 5.69 Å². The molecule has 10 heteroatoms. The molecule has 0 radical (unpaired) electrons. The van der Waals surface area contributed by atoms with Gasteiger partial charge in [0.05, 0.1) is 18.6 Å². The number of furan rings is 1. The number of hydrogen-bond acceptors (Lipinski definition) is 8. The summed E-state index contributed by atoms with van der Waals surface area (Å²) >= 11 is 6.07. The van der Waals surface area contributed by atoms with Crippen LogP contribution in [-0.4, -0.2) is 36.4 Å². The molecule has 0 fully saturated rings. The molecule has 34 heavy (non-hydrogen) atoms. The van der Waals surface area contributed by atoms with Crippen LogP contribution in [0.15, 0.2) is 52.2 Å². The van der Waals surface area contributed by atoms with Crippen LogP contribution in [0.1, 0.15) is 45.2 Å². The molecule has 0 aliphatic carbocycles. The molecule has 0 saturated heterocycles. The molecule has 176 valence electrons. The van der Waals surface area contributed by atoms with Crippen molar-refractivity contribution in [1.82, 2.24) is 24.7 Å². The Bertz CT molecular complexity index is 1280. The number of nitrogens with zero attached hydrogens (tertiary/aromatic N) is 5. The number of benzene rings is 1. The maximum absolute atomic E-state index is 12.7. The molecule has 0 bridgehead atoms. The van der Waals surface area contributed by atoms with Crippen molar-refractivity contribution < 1.29 is 9.21 Å². The summed E-state index contributed by atoms with van der Waals surface area (Å²) in [5.41, 5.74) is 4.63. The molecule has 8 nitrogen and oxygen atoms in total. The monoisotopic (exact) mass is 494 g/mol. The zero-order valence-electron chi connectivity index (χ0n) is 19.4. The van der Waals surface area contributed by atoms with E-state index in [1.807, 2.05) is 68.7 Å². The maximum Gasteiger partial charge on any atom is 0.234 e. The van der Waals surface area contributed by atoms with Gasteiger partial charge in [-0.3, -0.25) is 9.36 Å². The van der Waals surface area contributed by atoms with Crippen molar-refractivity contribution in [1.29, 1.82) is 0 Å². The Morgan fingerprint density at radius 3 is 2.59 bits per heavy atom. The Morgan fingerprint density at radius 1 is 1.12 bits per heavy atom. The number of amides is 1. The lowest BCUT2D eigenvalue weighted by molar-refractivity contribution is -0.113. The minimum atomic E-state index is -0.487. The quantitative estimate of drug-likeness (QED) is 0.271. The second-order valence-electron chi connectivity index (χ2n) is 8.07. The molecule has 1 amide bonds. The topological polar surface area (TPSA) is 98.7 Å². The Labute approximate surface area is 208 Å². The smallest absolute Gasteiger partial charge is 0.234 e. The van der Waals surface area contributed by atoms with E-state index in [0.29, 0.717) is 23.4 Å². The highest BCUT2D eigenvalue weighted by Crippen LogP contribution is 2.29. The van der Waals surface area contributed by atoms with Gasteiger partial charge < -0.3 is 9.73 Å². The number of thiol groups is 1. The molecule has 3 heterocycles. The van der Waals surface area contributed by atoms with Crippen molar-refractivity contribution in [2.24, 2.45) is 0 Å². The maximum atomic E-state index is 12.7. The first-order valence-electron chi connectivity index (χ1n) is 10.8. The van der Waals surface area contributed by atoms with Crippen LogP contribution in [0.3, 0.4) is 0 Å². The molecule has 1 aromatic carbocycles. The Kier molecular flexibility index (Phi) is 7.38. The molecular formula is C24H26N6O2S2. The molecule has 0 aliphatic heterocycles. The zero-order valence-corrected chi connectivity index (χ0v) is 21.2. The van der Waals surface area contributed by atoms with E-state index in [1.165, 1.54) is 11.8 Å². The summed E-state index contributed by atoms with van der Waals surface area (Å²) in [6, 6.07) is 11.6. The largest absolute Gasteiger partial charge is 0.467 e. The van der Waals surface area contributed by atoms with Crippen LogP contribution in [0, 0.1) is 27.7 Å². The van der Waals surface area contributed by atoms with Crippen LogP contribution in [0.25, 0.3) is 0 Å². The standard InChI is InChI=1S/C24H26N6O2S2/c1-14-7-8-15(2)19(10-14)27-20(31)13-34-24-29-28-23(30(24)12-18-6-5-9-32-18)21(33)22-25-16(3)11-17(4)26-22/h5-11,21,33H,12-13H2,1-4H3,(H,27,31). The van der Waals surface area contributed by atoms with Gasteiger partial charge in [0.15, 0.2) is 11.0 Å². The molecular weight excluding hydrogens is 468 g/mol. The summed E-state index contributed by atoms with van der Waals surface area (Å²) in [6.07, 6.45) is 1.62. The van der Waals surface area contributed by atoms with Gasteiger partial charge in [-0.1, -0.05) is 23.9 Å². The number of nitrogens with one attached hydrogen (secondary N) is 1. The second kappa shape index (κ2) is 10.4. The third kappa shape index (κ3) is 5.68. The number of carbonyl (C=O) groups excluding carboxylic acids is 1. The minimum Gasteiger partial charge on any atom is -0.467 e. The van der Waals surface area contributed by atoms with E-state index in [9.17, 15) is 4.79 Å². The number of aromatic nitrogens is 5. The Balaban J connectivity index is 1.56. The second-order valence-corrected chi connectivity index (χ2v) is 9.53. The van der Waals surface area contributed by atoms with Crippen molar-refractivity contribution in [3.05, 3.63) is 82.6 Å². The molecule has 1 unspecified atom stereocenters. The normalized spacial score (nSPS) is 12.0. The highest BCUT2D eigenvalue weighted by Gasteiger charge is 2.24. The summed E-state index contributed by atoms with van der Waals surface area (Å²) in [4.78, 5) is 21.7. The zero-order chi connectivity index (χ0) is 24.2. The lowest BCUT2D eigenvalue weighted by atomic mass is 10.1. The molecule has 1 N–H and O–H groups in total. The lowest BCUT2D eigenvalue weighted by Gasteiger charge is -2.14. The molecule has 4 aromatic rings. The van der Waals surface area contributed by atoms with E-state index in [-0.39, 0.29) is 11.7 Å². The predicted molar refractivity (Wildman–Crippen MR) is 135 cm³/mol. The van der Waals surface area contributed by atoms with Crippen LogP contribution >= 0.6 is 24.4 Å². The highest BCUT2D eigenvalue weighted by atomic mass is 32.2. The van der Waals surface area contributed by atoms with Crippen molar-refractivity contribution in [2.45, 2.75) is 44.6 Å². The van der Waals surface area contributed by atoms with Crippen LogP contribution in [0.5, 0.6) is 0 Å². The first-order chi connectivity index (χ1) is 16.3. The average molecular weight is 495 g/mol. The van der Waals surface area contributed by atoms with E-state index in [2.05, 4.69) is 25.5 Å². The van der Waals surface area contributed by atoms with Gasteiger partial charge in [0, 0.05) is 17.1 Å². The van der Waals surface area contributed by atoms with E-state index in [0.717, 1.165) is 34.0 Å². The Hall–Kier alpha value is -3.11. The highest BCUT2D eigenvalue weighted by molar-refractivity contribution is 7.99. The first kappa shape index (κ1) is 24.0. The molecule has 1 atom stereocenters. The van der Waals surface area contributed by atoms with Crippen molar-refractivity contribution in [2.75, 3.05) is 11.1 Å². The van der Waals surface area contributed by atoms with Crippen LogP contribution < -0.4 is 5.32 Å². The fourth-order valence-electron chi connectivity index (χ4n) is 3.49. The van der Waals surface area contributed by atoms with E-state index < -0.39 is 5.25 Å². The third-order valence-corrected chi connectivity index (χ3v) is 6.56. The summed E-state index contributed by atoms with van der Waals surface area (Å²) in [7, 11) is 0. The number of carbonyl (C=O) groups is 1. The van der Waals surface area contributed by atoms with Gasteiger partial charge in [0.2, 0.25) is 5.91 Å². The predicted octanol–water partition coefficient (Wildman–Crippen LogP) is 4.69. The van der Waals surface area contributed by atoms with E-state index in [4.69, 9.17) is 17.0 Å². The number of anilines is 1. The van der Waals surface area contributed by atoms with Crippen molar-refractivity contribution in [3.63, 3.8) is 0 Å². The van der Waals surface area contributed by atoms with Gasteiger partial charge >= 0.3 is 0 Å². The summed E-state index contributed by atoms with van der Waals surface area (Å²) in [5, 5.41) is 11.8. The van der Waals surface area contributed by atoms with Gasteiger partial charge in [-0.2, -0.15) is 12.6 Å². The number of thioether (sulfide) groups is 1. The average Bonchev–Trinajstić information content (AvgIpc) is 3.44. The van der Waals surface area contributed by atoms with Gasteiger partial charge in [0.25, 0.3) is 0 Å². The first-order valence-corrected chi connectivity index (χ1v) is 12.3. The van der Waals surface area contributed by atoms with Crippen molar-refractivity contribution >= 4 is 36.0 Å². The van der Waals surface area contributed by atoms with Gasteiger partial charge in [-0.05, 0) is 63.1 Å². The number of hydrogen-bond donors (Lipinski definition) is 2. The van der Waals surface area contributed by atoms with E-state index >= 15 is 0 Å². The lowest BCUT2D eigenvalue weighted by Crippen LogP contribution is -2.16. The molecule has 0 saturated carbocycles. The van der Waals surface area contributed by atoms with Gasteiger partial charge in [0.1, 0.15) is 16.8 Å². The Morgan fingerprint density at radius 2 is 1.88 bits per heavy atom.